The Morgan fingerprint density at radius 3 is 2.04 bits per heavy atom. The van der Waals surface area contributed by atoms with Gasteiger partial charge in [-0.05, 0) is 72.7 Å². The molecule has 0 radical (unpaired) electrons. The number of amides is 1. The van der Waals surface area contributed by atoms with Gasteiger partial charge in [-0.15, -0.1) is 0 Å². The third-order valence-corrected chi connectivity index (χ3v) is 7.03. The molecule has 0 unspecified atom stereocenters. The van der Waals surface area contributed by atoms with Crippen molar-refractivity contribution in [3.05, 3.63) is 155 Å². The molecule has 0 fully saturated rings. The Morgan fingerprint density at radius 2 is 1.40 bits per heavy atom. The fourth-order valence-corrected chi connectivity index (χ4v) is 4.61. The topological polar surface area (TPSA) is 81.7 Å². The summed E-state index contributed by atoms with van der Waals surface area (Å²) in [7, 11) is 0. The fraction of sp³-hybridized carbons (Fsp3) is 0.205. The van der Waals surface area contributed by atoms with Crippen LogP contribution in [0.15, 0.2) is 127 Å². The van der Waals surface area contributed by atoms with Crippen molar-refractivity contribution in [1.82, 2.24) is 5.32 Å². The van der Waals surface area contributed by atoms with Crippen LogP contribution in [0.1, 0.15) is 48.1 Å². The standard InChI is InChI=1S/C39H39NO5/c1-29(2)18-22-34-26-32(19-23-36(34)45-38(42)25-21-30-12-6-3-7-13-30)20-24-37(41)40-35(27-31-14-8-4-9-15-31)39(43)44-28-33-16-10-5-11-17-33/h3-20,23-24,26,35H,21-22,25,27-28H2,1-2H3,(H,40,41)/b24-20+/t35-/m0/s1. The van der Waals surface area contributed by atoms with Gasteiger partial charge in [-0.2, -0.15) is 0 Å². The van der Waals surface area contributed by atoms with Gasteiger partial charge in [-0.3, -0.25) is 9.59 Å². The van der Waals surface area contributed by atoms with Gasteiger partial charge in [0.2, 0.25) is 5.91 Å². The third kappa shape index (κ3) is 11.4. The highest BCUT2D eigenvalue weighted by atomic mass is 16.5. The highest BCUT2D eigenvalue weighted by Gasteiger charge is 2.22. The lowest BCUT2D eigenvalue weighted by Crippen LogP contribution is -2.42. The van der Waals surface area contributed by atoms with E-state index < -0.39 is 17.9 Å². The zero-order valence-electron chi connectivity index (χ0n) is 25.8. The average molecular weight is 602 g/mol. The normalized spacial score (nSPS) is 11.4. The lowest BCUT2D eigenvalue weighted by Gasteiger charge is -2.17. The van der Waals surface area contributed by atoms with E-state index in [1.807, 2.05) is 111 Å². The van der Waals surface area contributed by atoms with E-state index in [0.717, 1.165) is 33.4 Å². The second kappa shape index (κ2) is 17.2. The Kier molecular flexibility index (Phi) is 12.5. The minimum absolute atomic E-state index is 0.119. The number of carbonyl (C=O) groups excluding carboxylic acids is 3. The maximum Gasteiger partial charge on any atom is 0.329 e. The number of nitrogens with one attached hydrogen (secondary N) is 1. The molecule has 0 aromatic heterocycles. The number of benzene rings is 4. The van der Waals surface area contributed by atoms with Gasteiger partial charge < -0.3 is 14.8 Å². The zero-order chi connectivity index (χ0) is 31.9. The summed E-state index contributed by atoms with van der Waals surface area (Å²) in [5.74, 6) is -0.735. The van der Waals surface area contributed by atoms with Crippen LogP contribution in [0.3, 0.4) is 0 Å². The lowest BCUT2D eigenvalue weighted by molar-refractivity contribution is -0.148. The van der Waals surface area contributed by atoms with Crippen LogP contribution in [-0.2, 0) is 45.0 Å². The van der Waals surface area contributed by atoms with Crippen LogP contribution < -0.4 is 10.1 Å². The van der Waals surface area contributed by atoms with Crippen LogP contribution >= 0.6 is 0 Å². The quantitative estimate of drug-likeness (QED) is 0.0715. The van der Waals surface area contributed by atoms with Gasteiger partial charge in [0, 0.05) is 18.9 Å². The molecule has 6 heteroatoms. The van der Waals surface area contributed by atoms with E-state index in [1.54, 1.807) is 18.2 Å². The summed E-state index contributed by atoms with van der Waals surface area (Å²) >= 11 is 0. The SMILES string of the molecule is CC(C)=CCc1cc(/C=C/C(=O)N[C@@H](Cc2ccccc2)C(=O)OCc2ccccc2)ccc1OC(=O)CCc1ccccc1. The van der Waals surface area contributed by atoms with Crippen molar-refractivity contribution in [1.29, 1.82) is 0 Å². The molecule has 0 aliphatic carbocycles. The predicted octanol–water partition coefficient (Wildman–Crippen LogP) is 7.22. The Labute approximate surface area is 265 Å². The van der Waals surface area contributed by atoms with Crippen molar-refractivity contribution in [2.45, 2.75) is 52.2 Å². The molecule has 0 aliphatic heterocycles. The van der Waals surface area contributed by atoms with Crippen molar-refractivity contribution >= 4 is 23.9 Å². The number of ether oxygens (including phenoxy) is 2. The zero-order valence-corrected chi connectivity index (χ0v) is 25.8. The van der Waals surface area contributed by atoms with Gasteiger partial charge in [0.25, 0.3) is 0 Å². The van der Waals surface area contributed by atoms with Gasteiger partial charge in [0.15, 0.2) is 0 Å². The highest BCUT2D eigenvalue weighted by molar-refractivity contribution is 5.94. The number of rotatable bonds is 14. The van der Waals surface area contributed by atoms with Crippen LogP contribution in [0.2, 0.25) is 0 Å². The van der Waals surface area contributed by atoms with Crippen LogP contribution in [-0.4, -0.2) is 23.9 Å². The number of aryl methyl sites for hydroxylation is 1. The summed E-state index contributed by atoms with van der Waals surface area (Å²) in [6, 6.07) is 33.3. The molecular weight excluding hydrogens is 562 g/mol. The van der Waals surface area contributed by atoms with Crippen molar-refractivity contribution in [2.75, 3.05) is 0 Å². The summed E-state index contributed by atoms with van der Waals surface area (Å²) in [5.41, 5.74) is 5.58. The molecule has 0 bridgehead atoms. The molecule has 45 heavy (non-hydrogen) atoms. The van der Waals surface area contributed by atoms with Crippen LogP contribution in [0, 0.1) is 0 Å². The number of carbonyl (C=O) groups is 3. The molecule has 0 aliphatic rings. The van der Waals surface area contributed by atoms with Crippen molar-refractivity contribution < 1.29 is 23.9 Å². The first-order valence-electron chi connectivity index (χ1n) is 15.1. The first-order valence-corrected chi connectivity index (χ1v) is 15.1. The largest absolute Gasteiger partial charge is 0.459 e. The molecule has 0 saturated heterocycles. The van der Waals surface area contributed by atoms with Crippen molar-refractivity contribution in [2.24, 2.45) is 0 Å². The molecule has 0 spiro atoms. The van der Waals surface area contributed by atoms with Crippen LogP contribution in [0.5, 0.6) is 5.75 Å². The lowest BCUT2D eigenvalue weighted by atomic mass is 10.0. The van der Waals surface area contributed by atoms with E-state index in [4.69, 9.17) is 9.47 Å². The van der Waals surface area contributed by atoms with Gasteiger partial charge in [-0.25, -0.2) is 4.79 Å². The fourth-order valence-electron chi connectivity index (χ4n) is 4.61. The smallest absolute Gasteiger partial charge is 0.329 e. The summed E-state index contributed by atoms with van der Waals surface area (Å²) in [6.07, 6.45) is 6.88. The summed E-state index contributed by atoms with van der Waals surface area (Å²) in [4.78, 5) is 38.7. The molecule has 1 atom stereocenters. The molecule has 230 valence electrons. The van der Waals surface area contributed by atoms with Crippen molar-refractivity contribution in [3.63, 3.8) is 0 Å². The maximum absolute atomic E-state index is 13.0. The van der Waals surface area contributed by atoms with Gasteiger partial charge in [-0.1, -0.05) is 109 Å². The monoisotopic (exact) mass is 601 g/mol. The molecule has 4 rings (SSSR count). The predicted molar refractivity (Wildman–Crippen MR) is 177 cm³/mol. The Bertz CT molecular complexity index is 1610. The Morgan fingerprint density at radius 1 is 0.778 bits per heavy atom. The van der Waals surface area contributed by atoms with Crippen LogP contribution in [0.25, 0.3) is 6.08 Å². The van der Waals surface area contributed by atoms with Gasteiger partial charge in [0.1, 0.15) is 18.4 Å². The van der Waals surface area contributed by atoms with E-state index >= 15 is 0 Å². The first-order chi connectivity index (χ1) is 21.9. The highest BCUT2D eigenvalue weighted by Crippen LogP contribution is 2.23. The van der Waals surface area contributed by atoms with E-state index in [1.165, 1.54) is 6.08 Å². The second-order valence-corrected chi connectivity index (χ2v) is 11.0. The molecule has 1 N–H and O–H groups in total. The Balaban J connectivity index is 1.43. The average Bonchev–Trinajstić information content (AvgIpc) is 3.06. The van der Waals surface area contributed by atoms with Gasteiger partial charge in [0.05, 0.1) is 0 Å². The van der Waals surface area contributed by atoms with E-state index in [0.29, 0.717) is 25.0 Å². The molecule has 6 nitrogen and oxygen atoms in total. The molecule has 1 amide bonds. The number of hydrogen-bond donors (Lipinski definition) is 1. The summed E-state index contributed by atoms with van der Waals surface area (Å²) in [5, 5.41) is 2.81. The minimum Gasteiger partial charge on any atom is -0.459 e. The molecule has 0 saturated carbocycles. The van der Waals surface area contributed by atoms with E-state index in [2.05, 4.69) is 11.4 Å². The molecular formula is C39H39NO5. The van der Waals surface area contributed by atoms with E-state index in [9.17, 15) is 14.4 Å². The Hall–Kier alpha value is -5.23. The third-order valence-electron chi connectivity index (χ3n) is 7.03. The summed E-state index contributed by atoms with van der Waals surface area (Å²) < 4.78 is 11.3. The van der Waals surface area contributed by atoms with Crippen molar-refractivity contribution in [3.8, 4) is 5.75 Å². The number of esters is 2. The van der Waals surface area contributed by atoms with Crippen LogP contribution in [0.4, 0.5) is 0 Å². The molecule has 0 heterocycles. The maximum atomic E-state index is 13.0. The summed E-state index contributed by atoms with van der Waals surface area (Å²) in [6.45, 7) is 4.14. The molecule has 4 aromatic carbocycles. The van der Waals surface area contributed by atoms with Gasteiger partial charge >= 0.3 is 11.9 Å². The number of allylic oxidation sites excluding steroid dienone is 2. The first kappa shape index (κ1) is 32.7. The minimum atomic E-state index is -0.862. The van der Waals surface area contributed by atoms with E-state index in [-0.39, 0.29) is 19.0 Å². The second-order valence-electron chi connectivity index (χ2n) is 11.0. The molecule has 4 aromatic rings. The number of hydrogen-bond acceptors (Lipinski definition) is 5.